The van der Waals surface area contributed by atoms with E-state index in [4.69, 9.17) is 0 Å². The van der Waals surface area contributed by atoms with Crippen molar-refractivity contribution in [2.45, 2.75) is 49.5 Å². The van der Waals surface area contributed by atoms with Gasteiger partial charge in [-0.2, -0.15) is 5.26 Å². The molecule has 0 aliphatic heterocycles. The van der Waals surface area contributed by atoms with Gasteiger partial charge in [0.05, 0.1) is 23.9 Å². The normalized spacial score (nSPS) is 44.8. The van der Waals surface area contributed by atoms with Crippen LogP contribution in [0.4, 0.5) is 5.82 Å². The summed E-state index contributed by atoms with van der Waals surface area (Å²) >= 11 is 2.09. The smallest absolute Gasteiger partial charge is 0.194 e. The molecule has 2 aromatic heterocycles. The van der Waals surface area contributed by atoms with Crippen LogP contribution in [0.2, 0.25) is 0 Å². The molecule has 3 N–H and O–H groups in total. The predicted octanol–water partition coefficient (Wildman–Crippen LogP) is 1.20. The molecule has 2 heterocycles. The van der Waals surface area contributed by atoms with Gasteiger partial charge in [0.2, 0.25) is 0 Å². The Morgan fingerprint density at radius 2 is 2.04 bits per heavy atom. The first-order valence-electron chi connectivity index (χ1n) is 8.92. The molecule has 0 radical (unpaired) electrons. The maximum Gasteiger partial charge on any atom is 0.194 e. The van der Waals surface area contributed by atoms with Crippen molar-refractivity contribution < 1.29 is 10.2 Å². The topological polar surface area (TPSA) is 120 Å². The lowest BCUT2D eigenvalue weighted by molar-refractivity contribution is -0.00676. The second-order valence-electron chi connectivity index (χ2n) is 8.44. The van der Waals surface area contributed by atoms with Crippen LogP contribution in [-0.4, -0.2) is 47.5 Å². The summed E-state index contributed by atoms with van der Waals surface area (Å²) in [5.41, 5.74) is 0.685. The van der Waals surface area contributed by atoms with E-state index in [9.17, 15) is 15.5 Å². The maximum atomic E-state index is 10.6. The van der Waals surface area contributed by atoms with Gasteiger partial charge in [-0.3, -0.25) is 0 Å². The Morgan fingerprint density at radius 3 is 2.65 bits per heavy atom. The number of nitrogens with one attached hydrogen (secondary N) is 1. The molecule has 5 saturated carbocycles. The first-order valence-corrected chi connectivity index (χ1v) is 10.00. The van der Waals surface area contributed by atoms with Crippen LogP contribution in [-0.2, 0) is 0 Å². The van der Waals surface area contributed by atoms with Crippen molar-refractivity contribution in [1.29, 1.82) is 5.26 Å². The van der Waals surface area contributed by atoms with E-state index >= 15 is 0 Å². The van der Waals surface area contributed by atoms with E-state index in [-0.39, 0.29) is 17.5 Å². The predicted molar refractivity (Wildman–Crippen MR) is 98.9 cm³/mol. The molecule has 2 bridgehead atoms. The summed E-state index contributed by atoms with van der Waals surface area (Å²) in [6, 6.07) is 1.83. The lowest BCUT2D eigenvalue weighted by Crippen LogP contribution is -2.63. The molecule has 5 aliphatic carbocycles. The van der Waals surface area contributed by atoms with Crippen LogP contribution in [0.25, 0.3) is 11.2 Å². The van der Waals surface area contributed by atoms with Crippen LogP contribution in [0, 0.1) is 32.4 Å². The Bertz CT molecular complexity index is 984. The van der Waals surface area contributed by atoms with Crippen molar-refractivity contribution in [3.63, 3.8) is 0 Å². The Labute approximate surface area is 162 Å². The SMILES string of the molecule is N#C[C@@]12C[C@@H]1[C@@H](n1cnc3c(NC45CC(C4)C5)nc(I)nc31)[C@H](O)[C@@H]2O. The second-order valence-corrected chi connectivity index (χ2v) is 9.40. The largest absolute Gasteiger partial charge is 0.389 e. The Balaban J connectivity index is 1.44. The average Bonchev–Trinajstić information content (AvgIpc) is 3.07. The number of anilines is 1. The molecular weight excluding hydrogens is 447 g/mol. The monoisotopic (exact) mass is 464 g/mol. The minimum absolute atomic E-state index is 0.0726. The third kappa shape index (κ3) is 1.73. The molecule has 9 heteroatoms. The molecule has 7 rings (SSSR count). The molecule has 0 amide bonds. The highest BCUT2D eigenvalue weighted by Gasteiger charge is 2.72. The molecule has 0 saturated heterocycles. The zero-order valence-electron chi connectivity index (χ0n) is 13.8. The maximum absolute atomic E-state index is 10.6. The highest BCUT2D eigenvalue weighted by atomic mass is 127. The van der Waals surface area contributed by atoms with Crippen LogP contribution < -0.4 is 5.32 Å². The van der Waals surface area contributed by atoms with E-state index in [0.29, 0.717) is 21.4 Å². The number of halogens is 1. The van der Waals surface area contributed by atoms with Gasteiger partial charge < -0.3 is 20.1 Å². The summed E-state index contributed by atoms with van der Waals surface area (Å²) in [6.07, 6.45) is 3.81. The van der Waals surface area contributed by atoms with Crippen LogP contribution >= 0.6 is 22.6 Å². The number of fused-ring (bicyclic) bond motifs is 2. The zero-order chi connectivity index (χ0) is 17.8. The first kappa shape index (κ1) is 15.5. The molecule has 0 spiro atoms. The minimum Gasteiger partial charge on any atom is -0.389 e. The number of hydrogen-bond acceptors (Lipinski definition) is 7. The quantitative estimate of drug-likeness (QED) is 0.461. The second kappa shape index (κ2) is 4.66. The van der Waals surface area contributed by atoms with E-state index < -0.39 is 17.6 Å². The van der Waals surface area contributed by atoms with Crippen LogP contribution in [0.1, 0.15) is 31.7 Å². The van der Waals surface area contributed by atoms with Crippen molar-refractivity contribution in [3.05, 3.63) is 10.2 Å². The van der Waals surface area contributed by atoms with Crippen molar-refractivity contribution >= 4 is 39.6 Å². The molecular formula is C17H17IN6O2. The van der Waals surface area contributed by atoms with Crippen LogP contribution in [0.3, 0.4) is 0 Å². The fourth-order valence-electron chi connectivity index (χ4n) is 5.43. The summed E-state index contributed by atoms with van der Waals surface area (Å²) in [5.74, 6) is 1.53. The number of imidazole rings is 1. The number of hydrogen-bond donors (Lipinski definition) is 3. The summed E-state index contributed by atoms with van der Waals surface area (Å²) in [7, 11) is 0. The molecule has 0 unspecified atom stereocenters. The minimum atomic E-state index is -1.03. The molecule has 8 nitrogen and oxygen atoms in total. The summed E-state index contributed by atoms with van der Waals surface area (Å²) in [4.78, 5) is 13.6. The fourth-order valence-corrected chi connectivity index (χ4v) is 5.90. The number of nitriles is 1. The standard InChI is InChI=1S/C17H17IN6O2/c18-15-21-13(23-16-1-7(2-16)3-16)9-14(22-15)24(6-20-9)10-8-4-17(8,5-19)12(26)11(10)25/h6-8,10-12,25-26H,1-4H2,(H,21,22,23)/t7?,8-,10-,11+,12+,16?,17+/m1/s1. The molecule has 5 fully saturated rings. The molecule has 2 aromatic rings. The first-order chi connectivity index (χ1) is 12.5. The van der Waals surface area contributed by atoms with Crippen molar-refractivity contribution in [1.82, 2.24) is 19.5 Å². The van der Waals surface area contributed by atoms with Gasteiger partial charge in [0.25, 0.3) is 0 Å². The van der Waals surface area contributed by atoms with Crippen molar-refractivity contribution in [3.8, 4) is 6.07 Å². The number of aromatic nitrogens is 4. The van der Waals surface area contributed by atoms with E-state index in [2.05, 4.69) is 48.9 Å². The summed E-state index contributed by atoms with van der Waals surface area (Å²) < 4.78 is 2.44. The molecule has 26 heavy (non-hydrogen) atoms. The average molecular weight is 464 g/mol. The summed E-state index contributed by atoms with van der Waals surface area (Å²) in [6.45, 7) is 0. The molecule has 5 aliphatic rings. The van der Waals surface area contributed by atoms with Gasteiger partial charge in [0, 0.05) is 34.0 Å². The molecule has 0 aromatic carbocycles. The van der Waals surface area contributed by atoms with E-state index in [1.807, 2.05) is 4.57 Å². The third-order valence-corrected chi connectivity index (χ3v) is 7.50. The van der Waals surface area contributed by atoms with Gasteiger partial charge >= 0.3 is 0 Å². The van der Waals surface area contributed by atoms with Gasteiger partial charge in [0.15, 0.2) is 20.8 Å². The highest BCUT2D eigenvalue weighted by Crippen LogP contribution is 2.67. The Morgan fingerprint density at radius 1 is 1.27 bits per heavy atom. The van der Waals surface area contributed by atoms with Crippen LogP contribution in [0.15, 0.2) is 6.33 Å². The number of nitrogens with zero attached hydrogens (tertiary/aromatic N) is 5. The number of aliphatic hydroxyl groups excluding tert-OH is 2. The molecule has 5 atom stereocenters. The lowest BCUT2D eigenvalue weighted by atomic mass is 9.50. The molecule has 134 valence electrons. The highest BCUT2D eigenvalue weighted by molar-refractivity contribution is 14.1. The van der Waals surface area contributed by atoms with Gasteiger partial charge in [-0.05, 0) is 31.6 Å². The Hall–Kier alpha value is -1.51. The Kier molecular flexibility index (Phi) is 2.79. The van der Waals surface area contributed by atoms with Crippen molar-refractivity contribution in [2.24, 2.45) is 17.3 Å². The van der Waals surface area contributed by atoms with E-state index in [1.54, 1.807) is 6.33 Å². The number of rotatable bonds is 3. The fraction of sp³-hybridized carbons (Fsp3) is 0.647. The van der Waals surface area contributed by atoms with Gasteiger partial charge in [-0.25, -0.2) is 15.0 Å². The van der Waals surface area contributed by atoms with Gasteiger partial charge in [-0.1, -0.05) is 0 Å². The number of aliphatic hydroxyl groups is 2. The lowest BCUT2D eigenvalue weighted by Gasteiger charge is -2.62. The van der Waals surface area contributed by atoms with Crippen molar-refractivity contribution in [2.75, 3.05) is 5.32 Å². The van der Waals surface area contributed by atoms with Crippen LogP contribution in [0.5, 0.6) is 0 Å². The van der Waals surface area contributed by atoms with E-state index in [1.165, 1.54) is 19.3 Å². The third-order valence-electron chi connectivity index (χ3n) is 7.02. The van der Waals surface area contributed by atoms with Gasteiger partial charge in [-0.15, -0.1) is 0 Å². The van der Waals surface area contributed by atoms with E-state index in [0.717, 1.165) is 11.7 Å². The summed E-state index contributed by atoms with van der Waals surface area (Å²) in [5, 5.41) is 33.9. The zero-order valence-corrected chi connectivity index (χ0v) is 16.0. The van der Waals surface area contributed by atoms with Gasteiger partial charge in [0.1, 0.15) is 12.2 Å².